The van der Waals surface area contributed by atoms with Crippen molar-refractivity contribution in [3.8, 4) is 6.07 Å². The number of nitrogens with zero attached hydrogens (tertiary/aromatic N) is 2. The van der Waals surface area contributed by atoms with Crippen molar-refractivity contribution in [3.05, 3.63) is 0 Å². The topological polar surface area (TPSA) is 53.3 Å². The Morgan fingerprint density at radius 2 is 2.14 bits per heavy atom. The molecule has 0 N–H and O–H groups in total. The number of methoxy groups -OCH3 is 1. The highest BCUT2D eigenvalue weighted by Crippen LogP contribution is 2.08. The maximum absolute atomic E-state index is 11.1. The van der Waals surface area contributed by atoms with E-state index in [-0.39, 0.29) is 24.6 Å². The van der Waals surface area contributed by atoms with Gasteiger partial charge in [-0.15, -0.1) is 0 Å². The summed E-state index contributed by atoms with van der Waals surface area (Å²) in [5.74, 6) is -0.299. The van der Waals surface area contributed by atoms with E-state index in [2.05, 4.69) is 10.8 Å². The minimum atomic E-state index is -0.299. The van der Waals surface area contributed by atoms with Gasteiger partial charge in [-0.25, -0.2) is 0 Å². The van der Waals surface area contributed by atoms with E-state index >= 15 is 0 Å². The molecule has 1 unspecified atom stereocenters. The number of ether oxygens (including phenoxy) is 1. The average molecular weight is 198 g/mol. The summed E-state index contributed by atoms with van der Waals surface area (Å²) in [7, 11) is 1.36. The lowest BCUT2D eigenvalue weighted by Gasteiger charge is -2.28. The maximum atomic E-state index is 11.1. The van der Waals surface area contributed by atoms with Gasteiger partial charge in [0.15, 0.2) is 0 Å². The zero-order valence-corrected chi connectivity index (χ0v) is 9.28. The first-order valence-electron chi connectivity index (χ1n) is 4.79. The van der Waals surface area contributed by atoms with Gasteiger partial charge in [-0.1, -0.05) is 6.92 Å². The maximum Gasteiger partial charge on any atom is 0.319 e. The molecule has 4 nitrogen and oxygen atoms in total. The summed E-state index contributed by atoms with van der Waals surface area (Å²) in [6.45, 7) is 6.03. The van der Waals surface area contributed by atoms with Gasteiger partial charge in [0.2, 0.25) is 0 Å². The number of esters is 1. The quantitative estimate of drug-likeness (QED) is 0.622. The summed E-state index contributed by atoms with van der Waals surface area (Å²) < 4.78 is 4.58. The largest absolute Gasteiger partial charge is 0.468 e. The Balaban J connectivity index is 4.44. The van der Waals surface area contributed by atoms with E-state index < -0.39 is 0 Å². The molecule has 1 atom stereocenters. The smallest absolute Gasteiger partial charge is 0.319 e. The molecule has 0 aromatic heterocycles. The van der Waals surface area contributed by atoms with Crippen LogP contribution in [0.1, 0.15) is 27.2 Å². The van der Waals surface area contributed by atoms with Crippen molar-refractivity contribution < 1.29 is 9.53 Å². The number of rotatable bonds is 5. The molecule has 0 bridgehead atoms. The summed E-state index contributed by atoms with van der Waals surface area (Å²) in [6.07, 6.45) is 0.714. The van der Waals surface area contributed by atoms with Crippen LogP contribution in [0, 0.1) is 11.3 Å². The SMILES string of the molecule is CCC(C#N)N(CC(=O)OC)C(C)C. The monoisotopic (exact) mass is 198 g/mol. The number of hydrogen-bond donors (Lipinski definition) is 0. The Labute approximate surface area is 85.5 Å². The van der Waals surface area contributed by atoms with Crippen LogP contribution in [0.25, 0.3) is 0 Å². The molecule has 0 amide bonds. The van der Waals surface area contributed by atoms with Gasteiger partial charge < -0.3 is 4.74 Å². The molecule has 14 heavy (non-hydrogen) atoms. The van der Waals surface area contributed by atoms with Gasteiger partial charge in [0, 0.05) is 6.04 Å². The van der Waals surface area contributed by atoms with Crippen molar-refractivity contribution in [2.24, 2.45) is 0 Å². The molecule has 0 spiro atoms. The Morgan fingerprint density at radius 1 is 1.57 bits per heavy atom. The molecule has 0 aliphatic carbocycles. The summed E-state index contributed by atoms with van der Waals surface area (Å²) in [5, 5.41) is 8.89. The molecule has 0 aliphatic heterocycles. The molecule has 0 aromatic carbocycles. The lowest BCUT2D eigenvalue weighted by molar-refractivity contribution is -0.142. The lowest BCUT2D eigenvalue weighted by Crippen LogP contribution is -2.43. The highest BCUT2D eigenvalue weighted by molar-refractivity contribution is 5.71. The van der Waals surface area contributed by atoms with Crippen LogP contribution in [0.15, 0.2) is 0 Å². The molecule has 0 saturated heterocycles. The van der Waals surface area contributed by atoms with Crippen LogP contribution in [0.2, 0.25) is 0 Å². The van der Waals surface area contributed by atoms with Crippen LogP contribution in [0.3, 0.4) is 0 Å². The number of carbonyl (C=O) groups is 1. The minimum absolute atomic E-state index is 0.165. The molecule has 0 aliphatic rings. The molecule has 80 valence electrons. The highest BCUT2D eigenvalue weighted by Gasteiger charge is 2.22. The lowest BCUT2D eigenvalue weighted by atomic mass is 10.1. The molecule has 0 aromatic rings. The molecule has 0 rings (SSSR count). The Bertz CT molecular complexity index is 221. The first-order chi connectivity index (χ1) is 6.56. The van der Waals surface area contributed by atoms with Gasteiger partial charge in [0.1, 0.15) is 0 Å². The van der Waals surface area contributed by atoms with Crippen LogP contribution in [0.5, 0.6) is 0 Å². The van der Waals surface area contributed by atoms with Gasteiger partial charge >= 0.3 is 5.97 Å². The Hall–Kier alpha value is -1.08. The van der Waals surface area contributed by atoms with E-state index in [0.717, 1.165) is 0 Å². The van der Waals surface area contributed by atoms with Crippen LogP contribution in [0.4, 0.5) is 0 Å². The summed E-state index contributed by atoms with van der Waals surface area (Å²) in [4.78, 5) is 12.9. The predicted molar refractivity (Wildman–Crippen MR) is 53.6 cm³/mol. The van der Waals surface area contributed by atoms with Gasteiger partial charge in [0.25, 0.3) is 0 Å². The van der Waals surface area contributed by atoms with Crippen LogP contribution < -0.4 is 0 Å². The first-order valence-corrected chi connectivity index (χ1v) is 4.79. The highest BCUT2D eigenvalue weighted by atomic mass is 16.5. The number of hydrogen-bond acceptors (Lipinski definition) is 4. The molecule has 0 radical (unpaired) electrons. The van der Waals surface area contributed by atoms with Crippen molar-refractivity contribution in [1.29, 1.82) is 5.26 Å². The van der Waals surface area contributed by atoms with Crippen LogP contribution >= 0.6 is 0 Å². The zero-order chi connectivity index (χ0) is 11.1. The van der Waals surface area contributed by atoms with Gasteiger partial charge in [0.05, 0.1) is 25.8 Å². The van der Waals surface area contributed by atoms with Crippen molar-refractivity contribution in [2.75, 3.05) is 13.7 Å². The van der Waals surface area contributed by atoms with Crippen LogP contribution in [-0.4, -0.2) is 36.6 Å². The predicted octanol–water partition coefficient (Wildman–Crippen LogP) is 1.17. The Morgan fingerprint density at radius 3 is 2.43 bits per heavy atom. The third-order valence-corrected chi connectivity index (χ3v) is 2.14. The molecular formula is C10H18N2O2. The second-order valence-corrected chi connectivity index (χ2v) is 3.40. The normalized spacial score (nSPS) is 12.6. The van der Waals surface area contributed by atoms with Gasteiger partial charge in [-0.05, 0) is 20.3 Å². The molecule has 0 heterocycles. The third kappa shape index (κ3) is 3.75. The van der Waals surface area contributed by atoms with Gasteiger partial charge in [-0.3, -0.25) is 9.69 Å². The average Bonchev–Trinajstić information content (AvgIpc) is 2.17. The fourth-order valence-corrected chi connectivity index (χ4v) is 1.27. The van der Waals surface area contributed by atoms with Crippen molar-refractivity contribution in [2.45, 2.75) is 39.3 Å². The summed E-state index contributed by atoms with van der Waals surface area (Å²) in [5.41, 5.74) is 0. The molecule has 0 saturated carbocycles. The van der Waals surface area contributed by atoms with Gasteiger partial charge in [-0.2, -0.15) is 5.26 Å². The van der Waals surface area contributed by atoms with Crippen molar-refractivity contribution in [1.82, 2.24) is 4.90 Å². The van der Waals surface area contributed by atoms with Crippen molar-refractivity contribution in [3.63, 3.8) is 0 Å². The molecule has 0 fully saturated rings. The van der Waals surface area contributed by atoms with Crippen molar-refractivity contribution >= 4 is 5.97 Å². The van der Waals surface area contributed by atoms with E-state index in [1.165, 1.54) is 7.11 Å². The fourth-order valence-electron chi connectivity index (χ4n) is 1.27. The molecule has 4 heteroatoms. The van der Waals surface area contributed by atoms with E-state index in [1.807, 2.05) is 25.7 Å². The second kappa shape index (κ2) is 6.39. The number of carbonyl (C=O) groups excluding carboxylic acids is 1. The standard InChI is InChI=1S/C10H18N2O2/c1-5-9(6-11)12(8(2)3)7-10(13)14-4/h8-9H,5,7H2,1-4H3. The molecular weight excluding hydrogens is 180 g/mol. The number of nitriles is 1. The summed E-state index contributed by atoms with van der Waals surface area (Å²) in [6, 6.07) is 2.13. The summed E-state index contributed by atoms with van der Waals surface area (Å²) >= 11 is 0. The van der Waals surface area contributed by atoms with Crippen LogP contribution in [-0.2, 0) is 9.53 Å². The third-order valence-electron chi connectivity index (χ3n) is 2.14. The minimum Gasteiger partial charge on any atom is -0.468 e. The second-order valence-electron chi connectivity index (χ2n) is 3.40. The van der Waals surface area contributed by atoms with E-state index in [9.17, 15) is 4.79 Å². The zero-order valence-electron chi connectivity index (χ0n) is 9.28. The fraction of sp³-hybridized carbons (Fsp3) is 0.800. The van der Waals surface area contributed by atoms with E-state index in [4.69, 9.17) is 5.26 Å². The van der Waals surface area contributed by atoms with E-state index in [0.29, 0.717) is 6.42 Å². The first kappa shape index (κ1) is 12.9. The Kier molecular flexibility index (Phi) is 5.89. The van der Waals surface area contributed by atoms with E-state index in [1.54, 1.807) is 0 Å².